The Morgan fingerprint density at radius 3 is 2.82 bits per heavy atom. The van der Waals surface area contributed by atoms with Crippen LogP contribution in [0.1, 0.15) is 0 Å². The number of hydrogen-bond donors (Lipinski definition) is 0. The first kappa shape index (κ1) is 15.3. The van der Waals surface area contributed by atoms with Crippen LogP contribution in [0.4, 0.5) is 0 Å². The van der Waals surface area contributed by atoms with Gasteiger partial charge in [0.25, 0.3) is 0 Å². The van der Waals surface area contributed by atoms with Crippen LogP contribution >= 0.6 is 23.1 Å². The minimum atomic E-state index is 0.124. The third kappa shape index (κ3) is 3.09. The van der Waals surface area contributed by atoms with E-state index in [1.165, 1.54) is 0 Å². The van der Waals surface area contributed by atoms with Gasteiger partial charge in [0.05, 0.1) is 18.6 Å². The molecular formula is C18H16O2S2. The zero-order valence-corrected chi connectivity index (χ0v) is 13.7. The van der Waals surface area contributed by atoms with Crippen LogP contribution in [0.25, 0.3) is 20.2 Å². The summed E-state index contributed by atoms with van der Waals surface area (Å²) in [5, 5.41) is 1.64. The molecule has 0 aliphatic heterocycles. The van der Waals surface area contributed by atoms with Crippen molar-refractivity contribution in [2.45, 2.75) is 4.90 Å². The lowest BCUT2D eigenvalue weighted by Gasteiger charge is -2.07. The molecule has 0 fully saturated rings. The fourth-order valence-electron chi connectivity index (χ4n) is 2.31. The zero-order valence-electron chi connectivity index (χ0n) is 12.1. The molecule has 2 nitrogen and oxygen atoms in total. The Bertz CT molecular complexity index is 868. The van der Waals surface area contributed by atoms with E-state index in [1.807, 2.05) is 42.5 Å². The van der Waals surface area contributed by atoms with Gasteiger partial charge in [0, 0.05) is 25.4 Å². The van der Waals surface area contributed by atoms with Gasteiger partial charge in [0.1, 0.15) is 0 Å². The quantitative estimate of drug-likeness (QED) is 0.284. The lowest BCUT2D eigenvalue weighted by Crippen LogP contribution is -2.03. The van der Waals surface area contributed by atoms with Gasteiger partial charge in [-0.3, -0.25) is 4.79 Å². The molecule has 0 saturated heterocycles. The van der Waals surface area contributed by atoms with Crippen molar-refractivity contribution in [1.29, 1.82) is 0 Å². The van der Waals surface area contributed by atoms with Crippen molar-refractivity contribution in [3.8, 4) is 0 Å². The van der Waals surface area contributed by atoms with Crippen molar-refractivity contribution in [2.24, 2.45) is 0 Å². The third-order valence-electron chi connectivity index (χ3n) is 3.29. The Hall–Kier alpha value is -1.62. The normalized spacial score (nSPS) is 11.1. The lowest BCUT2D eigenvalue weighted by atomic mass is 10.2. The van der Waals surface area contributed by atoms with Crippen molar-refractivity contribution in [3.05, 3.63) is 65.3 Å². The van der Waals surface area contributed by atoms with Gasteiger partial charge >= 0.3 is 0 Å². The van der Waals surface area contributed by atoms with E-state index in [2.05, 4.69) is 6.58 Å². The zero-order chi connectivity index (χ0) is 15.4. The largest absolute Gasteiger partial charge is 0.377 e. The highest BCUT2D eigenvalue weighted by Gasteiger charge is 2.09. The molecule has 0 atom stereocenters. The van der Waals surface area contributed by atoms with Crippen molar-refractivity contribution in [1.82, 2.24) is 0 Å². The molecule has 4 heteroatoms. The van der Waals surface area contributed by atoms with E-state index >= 15 is 0 Å². The standard InChI is InChI=1S/C18H16O2S2/c1-2-10-20-11-12-21-15-8-5-9-16-17(15)18(19)13-6-3-4-7-14(13)22-16/h2-9H,1,10-12H2. The second-order valence-electron chi connectivity index (χ2n) is 4.77. The van der Waals surface area contributed by atoms with Crippen LogP contribution in [0.5, 0.6) is 0 Å². The van der Waals surface area contributed by atoms with Crippen LogP contribution in [0.2, 0.25) is 0 Å². The number of thioether (sulfide) groups is 1. The van der Waals surface area contributed by atoms with E-state index in [0.29, 0.717) is 13.2 Å². The first-order valence-electron chi connectivity index (χ1n) is 7.07. The van der Waals surface area contributed by atoms with E-state index in [0.717, 1.165) is 30.8 Å². The van der Waals surface area contributed by atoms with E-state index in [1.54, 1.807) is 29.2 Å². The maximum atomic E-state index is 12.8. The summed E-state index contributed by atoms with van der Waals surface area (Å²) in [6, 6.07) is 13.8. The van der Waals surface area contributed by atoms with E-state index in [4.69, 9.17) is 4.74 Å². The Morgan fingerprint density at radius 1 is 1.14 bits per heavy atom. The molecule has 0 amide bonds. The second kappa shape index (κ2) is 7.09. The summed E-state index contributed by atoms with van der Waals surface area (Å²) in [5.41, 5.74) is 0.124. The summed E-state index contributed by atoms with van der Waals surface area (Å²) >= 11 is 3.34. The average Bonchev–Trinajstić information content (AvgIpc) is 2.55. The highest BCUT2D eigenvalue weighted by Crippen LogP contribution is 2.31. The topological polar surface area (TPSA) is 26.3 Å². The van der Waals surface area contributed by atoms with Crippen LogP contribution in [-0.4, -0.2) is 19.0 Å². The molecule has 1 heterocycles. The minimum absolute atomic E-state index is 0.124. The van der Waals surface area contributed by atoms with E-state index in [9.17, 15) is 4.79 Å². The van der Waals surface area contributed by atoms with Crippen LogP contribution in [0.15, 0.2) is 64.8 Å². The van der Waals surface area contributed by atoms with Crippen molar-refractivity contribution in [2.75, 3.05) is 19.0 Å². The fourth-order valence-corrected chi connectivity index (χ4v) is 4.43. The Kier molecular flexibility index (Phi) is 4.93. The average molecular weight is 328 g/mol. The maximum Gasteiger partial charge on any atom is 0.196 e. The molecule has 0 aliphatic rings. The molecule has 0 spiro atoms. The molecule has 2 aromatic carbocycles. The second-order valence-corrected chi connectivity index (χ2v) is 6.99. The predicted molar refractivity (Wildman–Crippen MR) is 97.3 cm³/mol. The van der Waals surface area contributed by atoms with Gasteiger partial charge in [0.2, 0.25) is 0 Å². The molecule has 0 radical (unpaired) electrons. The fraction of sp³-hybridized carbons (Fsp3) is 0.167. The van der Waals surface area contributed by atoms with E-state index < -0.39 is 0 Å². The number of rotatable bonds is 6. The maximum absolute atomic E-state index is 12.8. The van der Waals surface area contributed by atoms with Gasteiger partial charge in [0.15, 0.2) is 5.43 Å². The number of benzene rings is 2. The highest BCUT2D eigenvalue weighted by molar-refractivity contribution is 7.99. The summed E-state index contributed by atoms with van der Waals surface area (Å²) in [7, 11) is 0. The Balaban J connectivity index is 1.98. The van der Waals surface area contributed by atoms with Gasteiger partial charge in [-0.25, -0.2) is 0 Å². The lowest BCUT2D eigenvalue weighted by molar-refractivity contribution is 0.180. The molecule has 22 heavy (non-hydrogen) atoms. The first-order valence-corrected chi connectivity index (χ1v) is 8.87. The van der Waals surface area contributed by atoms with Gasteiger partial charge in [-0.05, 0) is 24.3 Å². The minimum Gasteiger partial charge on any atom is -0.377 e. The van der Waals surface area contributed by atoms with Gasteiger partial charge < -0.3 is 4.74 Å². The molecule has 3 aromatic rings. The Morgan fingerprint density at radius 2 is 1.95 bits per heavy atom. The van der Waals surface area contributed by atoms with Gasteiger partial charge in [-0.15, -0.1) is 29.7 Å². The van der Waals surface area contributed by atoms with Crippen molar-refractivity contribution in [3.63, 3.8) is 0 Å². The number of hydrogen-bond acceptors (Lipinski definition) is 4. The summed E-state index contributed by atoms with van der Waals surface area (Å²) < 4.78 is 7.48. The smallest absolute Gasteiger partial charge is 0.196 e. The number of fused-ring (bicyclic) bond motifs is 2. The monoisotopic (exact) mass is 328 g/mol. The summed E-state index contributed by atoms with van der Waals surface area (Å²) in [6.45, 7) is 4.84. The molecule has 0 aliphatic carbocycles. The van der Waals surface area contributed by atoms with Crippen LogP contribution in [0.3, 0.4) is 0 Å². The van der Waals surface area contributed by atoms with E-state index in [-0.39, 0.29) is 5.43 Å². The molecule has 0 N–H and O–H groups in total. The SMILES string of the molecule is C=CCOCCSc1cccc2sc3ccccc3c(=O)c12. The summed E-state index contributed by atoms with van der Waals surface area (Å²) in [6.07, 6.45) is 1.74. The Labute approximate surface area is 137 Å². The van der Waals surface area contributed by atoms with Crippen molar-refractivity contribution >= 4 is 43.3 Å². The summed E-state index contributed by atoms with van der Waals surface area (Å²) in [5.74, 6) is 0.823. The predicted octanol–water partition coefficient (Wildman–Crippen LogP) is 4.71. The molecule has 112 valence electrons. The van der Waals surface area contributed by atoms with Crippen LogP contribution < -0.4 is 5.43 Å². The third-order valence-corrected chi connectivity index (χ3v) is 5.45. The van der Waals surface area contributed by atoms with Crippen molar-refractivity contribution < 1.29 is 4.74 Å². The molecule has 0 unspecified atom stereocenters. The highest BCUT2D eigenvalue weighted by atomic mass is 32.2. The molecule has 1 aromatic heterocycles. The summed E-state index contributed by atoms with van der Waals surface area (Å²) in [4.78, 5) is 13.8. The molecule has 0 saturated carbocycles. The molecular weight excluding hydrogens is 312 g/mol. The van der Waals surface area contributed by atoms with Crippen LogP contribution in [0, 0.1) is 0 Å². The molecule has 3 rings (SSSR count). The van der Waals surface area contributed by atoms with Gasteiger partial charge in [-0.2, -0.15) is 0 Å². The van der Waals surface area contributed by atoms with Gasteiger partial charge in [-0.1, -0.05) is 24.3 Å². The number of ether oxygens (including phenoxy) is 1. The first-order chi connectivity index (χ1) is 10.8. The van der Waals surface area contributed by atoms with Crippen LogP contribution in [-0.2, 0) is 4.74 Å². The molecule has 0 bridgehead atoms.